The Balaban J connectivity index is 1.51. The summed E-state index contributed by atoms with van der Waals surface area (Å²) in [5.41, 5.74) is 2.84. The van der Waals surface area contributed by atoms with Gasteiger partial charge >= 0.3 is 0 Å². The molecule has 0 spiro atoms. The lowest BCUT2D eigenvalue weighted by molar-refractivity contribution is -0.118. The predicted octanol–water partition coefficient (Wildman–Crippen LogP) is 4.54. The third-order valence-electron chi connectivity index (χ3n) is 6.17. The van der Waals surface area contributed by atoms with Crippen LogP contribution < -0.4 is 5.32 Å². The highest BCUT2D eigenvalue weighted by Gasteiger charge is 2.59. The number of hydrogen-bond acceptors (Lipinski definition) is 3. The summed E-state index contributed by atoms with van der Waals surface area (Å²) in [4.78, 5) is 4.74. The van der Waals surface area contributed by atoms with E-state index in [-0.39, 0.29) is 0 Å². The minimum atomic E-state index is 0.402. The molecule has 1 aromatic heterocycles. The van der Waals surface area contributed by atoms with Crippen molar-refractivity contribution in [2.24, 2.45) is 16.7 Å². The van der Waals surface area contributed by atoms with Gasteiger partial charge in [-0.2, -0.15) is 0 Å². The van der Waals surface area contributed by atoms with Gasteiger partial charge in [-0.15, -0.1) is 11.3 Å². The van der Waals surface area contributed by atoms with Crippen LogP contribution in [-0.2, 0) is 13.0 Å². The van der Waals surface area contributed by atoms with Crippen molar-refractivity contribution < 1.29 is 0 Å². The lowest BCUT2D eigenvalue weighted by atomic mass is 9.43. The summed E-state index contributed by atoms with van der Waals surface area (Å²) < 4.78 is 0. The molecule has 0 amide bonds. The molecule has 0 aliphatic heterocycles. The van der Waals surface area contributed by atoms with Crippen LogP contribution in [0.3, 0.4) is 0 Å². The van der Waals surface area contributed by atoms with Crippen molar-refractivity contribution in [1.29, 1.82) is 0 Å². The van der Waals surface area contributed by atoms with E-state index in [1.54, 1.807) is 0 Å². The van der Waals surface area contributed by atoms with Gasteiger partial charge in [0.2, 0.25) is 0 Å². The van der Waals surface area contributed by atoms with Gasteiger partial charge in [-0.3, -0.25) is 0 Å². The van der Waals surface area contributed by atoms with Crippen LogP contribution in [0, 0.1) is 16.7 Å². The molecule has 21 heavy (non-hydrogen) atoms. The predicted molar refractivity (Wildman–Crippen MR) is 88.5 cm³/mol. The Morgan fingerprint density at radius 3 is 2.48 bits per heavy atom. The molecular formula is C18H28N2S. The molecule has 0 aromatic carbocycles. The van der Waals surface area contributed by atoms with Crippen molar-refractivity contribution in [2.75, 3.05) is 0 Å². The number of nitrogens with zero attached hydrogens (tertiary/aromatic N) is 1. The van der Waals surface area contributed by atoms with E-state index in [1.165, 1.54) is 49.2 Å². The van der Waals surface area contributed by atoms with Crippen LogP contribution in [0.2, 0.25) is 0 Å². The van der Waals surface area contributed by atoms with Gasteiger partial charge < -0.3 is 5.32 Å². The molecule has 1 N–H and O–H groups in total. The molecule has 5 rings (SSSR count). The topological polar surface area (TPSA) is 24.9 Å². The summed E-state index contributed by atoms with van der Waals surface area (Å²) in [5, 5.41) is 7.50. The molecule has 4 bridgehead atoms. The van der Waals surface area contributed by atoms with E-state index in [2.05, 4.69) is 31.5 Å². The fourth-order valence-corrected chi connectivity index (χ4v) is 7.26. The first-order valence-electron chi connectivity index (χ1n) is 8.60. The highest BCUT2D eigenvalue weighted by atomic mass is 32.1. The number of thiazole rings is 1. The van der Waals surface area contributed by atoms with Crippen LogP contribution in [0.25, 0.3) is 0 Å². The zero-order valence-electron chi connectivity index (χ0n) is 13.7. The van der Waals surface area contributed by atoms with E-state index < -0.39 is 0 Å². The first-order valence-corrected chi connectivity index (χ1v) is 9.48. The Labute approximate surface area is 132 Å². The molecule has 4 saturated carbocycles. The van der Waals surface area contributed by atoms with Crippen LogP contribution in [0.1, 0.15) is 70.0 Å². The lowest BCUT2D eigenvalue weighted by Crippen LogP contribution is -2.63. The van der Waals surface area contributed by atoms with Crippen molar-refractivity contribution in [3.05, 3.63) is 16.1 Å². The number of hydrogen-bond donors (Lipinski definition) is 1. The Morgan fingerprint density at radius 2 is 1.90 bits per heavy atom. The molecule has 4 aliphatic rings. The number of rotatable bonds is 4. The number of aromatic nitrogens is 1. The van der Waals surface area contributed by atoms with E-state index in [0.717, 1.165) is 18.9 Å². The van der Waals surface area contributed by atoms with Gasteiger partial charge in [-0.05, 0) is 61.7 Å². The molecule has 2 atom stereocenters. The molecule has 0 saturated heterocycles. The standard InChI is InChI=1S/C18H28N2S/c1-4-15-20-14(9-21-15)8-19-18-7-13-5-16(2,11-18)10-17(3,6-13)12-18/h9,13,19H,4-8,10-12H2,1-3H3. The molecule has 1 aromatic rings. The minimum Gasteiger partial charge on any atom is -0.306 e. The minimum absolute atomic E-state index is 0.402. The monoisotopic (exact) mass is 304 g/mol. The van der Waals surface area contributed by atoms with Crippen molar-refractivity contribution in [1.82, 2.24) is 10.3 Å². The van der Waals surface area contributed by atoms with Crippen LogP contribution in [0.4, 0.5) is 0 Å². The molecule has 116 valence electrons. The third kappa shape index (κ3) is 2.46. The molecule has 3 heteroatoms. The summed E-state index contributed by atoms with van der Waals surface area (Å²) >= 11 is 1.81. The summed E-state index contributed by atoms with van der Waals surface area (Å²) in [7, 11) is 0. The first-order chi connectivity index (χ1) is 9.92. The summed E-state index contributed by atoms with van der Waals surface area (Å²) in [5.74, 6) is 0.963. The Hall–Kier alpha value is -0.410. The highest BCUT2D eigenvalue weighted by molar-refractivity contribution is 7.09. The zero-order chi connectivity index (χ0) is 14.7. The van der Waals surface area contributed by atoms with E-state index >= 15 is 0 Å². The Bertz CT molecular complexity index is 531. The van der Waals surface area contributed by atoms with E-state index in [9.17, 15) is 0 Å². The maximum Gasteiger partial charge on any atom is 0.0926 e. The van der Waals surface area contributed by atoms with Gasteiger partial charge in [0, 0.05) is 17.5 Å². The molecule has 2 unspecified atom stereocenters. The second-order valence-corrected chi connectivity index (χ2v) is 9.79. The molecule has 4 fully saturated rings. The number of nitrogens with one attached hydrogen (secondary N) is 1. The summed E-state index contributed by atoms with van der Waals surface area (Å²) in [6.45, 7) is 8.25. The largest absolute Gasteiger partial charge is 0.306 e. The molecule has 2 nitrogen and oxygen atoms in total. The van der Waals surface area contributed by atoms with Crippen molar-refractivity contribution in [3.63, 3.8) is 0 Å². The first kappa shape index (κ1) is 14.2. The second kappa shape index (κ2) is 4.55. The summed E-state index contributed by atoms with van der Waals surface area (Å²) in [6, 6.07) is 0. The molecule has 4 aliphatic carbocycles. The second-order valence-electron chi connectivity index (χ2n) is 8.85. The van der Waals surface area contributed by atoms with Crippen molar-refractivity contribution >= 4 is 11.3 Å². The highest BCUT2D eigenvalue weighted by Crippen LogP contribution is 2.66. The van der Waals surface area contributed by atoms with Gasteiger partial charge in [0.05, 0.1) is 10.7 Å². The van der Waals surface area contributed by atoms with E-state index in [0.29, 0.717) is 16.4 Å². The van der Waals surface area contributed by atoms with Crippen molar-refractivity contribution in [3.8, 4) is 0 Å². The van der Waals surface area contributed by atoms with Gasteiger partial charge in [-0.25, -0.2) is 4.98 Å². The van der Waals surface area contributed by atoms with Gasteiger partial charge in [-0.1, -0.05) is 20.8 Å². The van der Waals surface area contributed by atoms with Crippen LogP contribution in [-0.4, -0.2) is 10.5 Å². The van der Waals surface area contributed by atoms with Gasteiger partial charge in [0.15, 0.2) is 0 Å². The molecule has 1 heterocycles. The quantitative estimate of drug-likeness (QED) is 0.883. The van der Waals surface area contributed by atoms with E-state index in [4.69, 9.17) is 4.98 Å². The average Bonchev–Trinajstić information content (AvgIpc) is 2.80. The molecular weight excluding hydrogens is 276 g/mol. The van der Waals surface area contributed by atoms with E-state index in [1.807, 2.05) is 11.3 Å². The normalized spacial score (nSPS) is 44.4. The van der Waals surface area contributed by atoms with Crippen LogP contribution >= 0.6 is 11.3 Å². The zero-order valence-corrected chi connectivity index (χ0v) is 14.5. The number of aryl methyl sites for hydroxylation is 1. The fourth-order valence-electron chi connectivity index (χ4n) is 6.52. The fraction of sp³-hybridized carbons (Fsp3) is 0.833. The van der Waals surface area contributed by atoms with Crippen LogP contribution in [0.5, 0.6) is 0 Å². The third-order valence-corrected chi connectivity index (χ3v) is 7.21. The maximum absolute atomic E-state index is 4.74. The van der Waals surface area contributed by atoms with Gasteiger partial charge in [0.1, 0.15) is 0 Å². The van der Waals surface area contributed by atoms with Gasteiger partial charge in [0.25, 0.3) is 0 Å². The lowest BCUT2D eigenvalue weighted by Gasteiger charge is -2.65. The maximum atomic E-state index is 4.74. The smallest absolute Gasteiger partial charge is 0.0926 e. The summed E-state index contributed by atoms with van der Waals surface area (Å²) in [6.07, 6.45) is 9.65. The molecule has 0 radical (unpaired) electrons. The average molecular weight is 305 g/mol. The SMILES string of the molecule is CCc1nc(CNC23CC4CC(C)(CC(C)(C4)C2)C3)cs1. The Kier molecular flexibility index (Phi) is 3.07. The van der Waals surface area contributed by atoms with Crippen LogP contribution in [0.15, 0.2) is 5.38 Å². The Morgan fingerprint density at radius 1 is 1.19 bits per heavy atom. The van der Waals surface area contributed by atoms with Crippen molar-refractivity contribution in [2.45, 2.75) is 77.8 Å².